The number of rotatable bonds is 6. The number of allylic oxidation sites excluding steroid dienone is 1. The van der Waals surface area contributed by atoms with Crippen LogP contribution >= 0.6 is 0 Å². The van der Waals surface area contributed by atoms with Gasteiger partial charge < -0.3 is 14.8 Å². The Morgan fingerprint density at radius 1 is 1.44 bits per heavy atom. The Balaban J connectivity index is 1.59. The van der Waals surface area contributed by atoms with Crippen LogP contribution in [0.3, 0.4) is 0 Å². The Morgan fingerprint density at radius 3 is 3.12 bits per heavy atom. The van der Waals surface area contributed by atoms with Crippen LogP contribution in [0.15, 0.2) is 42.1 Å². The lowest BCUT2D eigenvalue weighted by molar-refractivity contribution is -0.126. The number of amides is 1. The summed E-state index contributed by atoms with van der Waals surface area (Å²) >= 11 is 0. The molecule has 6 heteroatoms. The minimum Gasteiger partial charge on any atom is -0.379 e. The molecule has 1 saturated heterocycles. The number of ether oxygens (including phenoxy) is 2. The molecule has 3 rings (SSSR count). The maximum Gasteiger partial charge on any atom is 0.242 e. The molecule has 0 radical (unpaired) electrons. The molecule has 0 aliphatic carbocycles. The normalized spacial score (nSPS) is 20.4. The molecule has 134 valence electrons. The van der Waals surface area contributed by atoms with Crippen molar-refractivity contribution in [2.75, 3.05) is 19.8 Å². The molecular weight excluding hydrogens is 318 g/mol. The third-order valence-corrected chi connectivity index (χ3v) is 4.30. The zero-order chi connectivity index (χ0) is 17.6. The standard InChI is InChI=1S/C19H25N3O3/c1-14(2)7-10-25-18-13-24-9-8-16(18)21-19(23)12-22-17-6-4-3-5-15(17)11-20-22/h3-7,11,16,18H,8-10,12-13H2,1-2H3,(H,21,23)/t16-,18-/m1/s1. The molecule has 1 aromatic heterocycles. The monoisotopic (exact) mass is 343 g/mol. The molecule has 0 spiro atoms. The maximum atomic E-state index is 12.5. The van der Waals surface area contributed by atoms with Crippen molar-refractivity contribution in [3.8, 4) is 0 Å². The van der Waals surface area contributed by atoms with Crippen molar-refractivity contribution in [3.63, 3.8) is 0 Å². The lowest BCUT2D eigenvalue weighted by Crippen LogP contribution is -2.50. The Labute approximate surface area is 147 Å². The fraction of sp³-hybridized carbons (Fsp3) is 0.474. The van der Waals surface area contributed by atoms with Crippen LogP contribution in [0.5, 0.6) is 0 Å². The predicted octanol–water partition coefficient (Wildman–Crippen LogP) is 2.29. The molecule has 1 fully saturated rings. The highest BCUT2D eigenvalue weighted by molar-refractivity contribution is 5.82. The van der Waals surface area contributed by atoms with Crippen LogP contribution in [0.4, 0.5) is 0 Å². The van der Waals surface area contributed by atoms with Gasteiger partial charge in [0.05, 0.1) is 31.0 Å². The SMILES string of the molecule is CC(C)=CCO[C@@H]1COCC[C@H]1NC(=O)Cn1ncc2ccccc21. The molecule has 1 N–H and O–H groups in total. The summed E-state index contributed by atoms with van der Waals surface area (Å²) in [5, 5.41) is 8.42. The first-order chi connectivity index (χ1) is 12.1. The molecule has 2 heterocycles. The summed E-state index contributed by atoms with van der Waals surface area (Å²) < 4.78 is 13.1. The third kappa shape index (κ3) is 4.67. The first kappa shape index (κ1) is 17.6. The number of fused-ring (bicyclic) bond motifs is 1. The number of hydrogen-bond donors (Lipinski definition) is 1. The zero-order valence-corrected chi connectivity index (χ0v) is 14.8. The van der Waals surface area contributed by atoms with E-state index in [9.17, 15) is 4.79 Å². The molecule has 1 aliphatic heterocycles. The zero-order valence-electron chi connectivity index (χ0n) is 14.8. The molecule has 25 heavy (non-hydrogen) atoms. The van der Waals surface area contributed by atoms with Crippen LogP contribution < -0.4 is 5.32 Å². The van der Waals surface area contributed by atoms with Crippen molar-refractivity contribution in [2.45, 2.75) is 39.0 Å². The maximum absolute atomic E-state index is 12.5. The number of aromatic nitrogens is 2. The van der Waals surface area contributed by atoms with E-state index in [-0.39, 0.29) is 24.6 Å². The van der Waals surface area contributed by atoms with Crippen molar-refractivity contribution in [1.82, 2.24) is 15.1 Å². The fourth-order valence-electron chi connectivity index (χ4n) is 2.92. The van der Waals surface area contributed by atoms with E-state index in [1.807, 2.05) is 44.2 Å². The number of para-hydroxylation sites is 1. The van der Waals surface area contributed by atoms with E-state index in [4.69, 9.17) is 9.47 Å². The number of nitrogens with zero attached hydrogens (tertiary/aromatic N) is 2. The van der Waals surface area contributed by atoms with Gasteiger partial charge in [0.1, 0.15) is 12.6 Å². The fourth-order valence-corrected chi connectivity index (χ4v) is 2.92. The second-order valence-electron chi connectivity index (χ2n) is 6.55. The molecule has 6 nitrogen and oxygen atoms in total. The van der Waals surface area contributed by atoms with Crippen LogP contribution in [0, 0.1) is 0 Å². The van der Waals surface area contributed by atoms with Gasteiger partial charge in [-0.25, -0.2) is 0 Å². The molecule has 1 amide bonds. The summed E-state index contributed by atoms with van der Waals surface area (Å²) in [6.45, 7) is 5.95. The smallest absolute Gasteiger partial charge is 0.242 e. The van der Waals surface area contributed by atoms with Gasteiger partial charge in [-0.15, -0.1) is 0 Å². The molecule has 0 unspecified atom stereocenters. The minimum atomic E-state index is -0.123. The summed E-state index contributed by atoms with van der Waals surface area (Å²) in [6, 6.07) is 7.83. The number of carbonyl (C=O) groups is 1. The predicted molar refractivity (Wildman–Crippen MR) is 96.3 cm³/mol. The Kier molecular flexibility index (Phi) is 5.83. The van der Waals surface area contributed by atoms with E-state index < -0.39 is 0 Å². The van der Waals surface area contributed by atoms with Crippen LogP contribution in [0.25, 0.3) is 10.9 Å². The van der Waals surface area contributed by atoms with Gasteiger partial charge in [-0.1, -0.05) is 29.8 Å². The van der Waals surface area contributed by atoms with Gasteiger partial charge in [-0.3, -0.25) is 9.48 Å². The number of carbonyl (C=O) groups excluding carboxylic acids is 1. The van der Waals surface area contributed by atoms with E-state index in [1.165, 1.54) is 5.57 Å². The van der Waals surface area contributed by atoms with Gasteiger partial charge in [0.2, 0.25) is 5.91 Å². The largest absolute Gasteiger partial charge is 0.379 e. The van der Waals surface area contributed by atoms with Crippen molar-refractivity contribution in [1.29, 1.82) is 0 Å². The summed E-state index contributed by atoms with van der Waals surface area (Å²) in [5.74, 6) is -0.0587. The molecular formula is C19H25N3O3. The topological polar surface area (TPSA) is 65.4 Å². The summed E-state index contributed by atoms with van der Waals surface area (Å²) in [5.41, 5.74) is 2.17. The Bertz CT molecular complexity index is 749. The van der Waals surface area contributed by atoms with E-state index in [0.29, 0.717) is 19.8 Å². The third-order valence-electron chi connectivity index (χ3n) is 4.30. The summed E-state index contributed by atoms with van der Waals surface area (Å²) in [6.07, 6.45) is 4.44. The van der Waals surface area contributed by atoms with Crippen LogP contribution in [-0.4, -0.2) is 47.7 Å². The Morgan fingerprint density at radius 2 is 2.28 bits per heavy atom. The highest BCUT2D eigenvalue weighted by atomic mass is 16.5. The van der Waals surface area contributed by atoms with Gasteiger partial charge in [-0.2, -0.15) is 5.10 Å². The van der Waals surface area contributed by atoms with E-state index in [2.05, 4.69) is 10.4 Å². The first-order valence-electron chi connectivity index (χ1n) is 8.66. The average molecular weight is 343 g/mol. The highest BCUT2D eigenvalue weighted by Crippen LogP contribution is 2.14. The molecule has 2 atom stereocenters. The summed E-state index contributed by atoms with van der Waals surface area (Å²) in [7, 11) is 0. The van der Waals surface area contributed by atoms with E-state index in [0.717, 1.165) is 17.3 Å². The number of hydrogen-bond acceptors (Lipinski definition) is 4. The molecule has 0 saturated carbocycles. The highest BCUT2D eigenvalue weighted by Gasteiger charge is 2.27. The molecule has 0 bridgehead atoms. The van der Waals surface area contributed by atoms with Gasteiger partial charge in [0.15, 0.2) is 0 Å². The van der Waals surface area contributed by atoms with Crippen molar-refractivity contribution in [2.24, 2.45) is 0 Å². The second kappa shape index (κ2) is 8.27. The first-order valence-corrected chi connectivity index (χ1v) is 8.66. The van der Waals surface area contributed by atoms with Gasteiger partial charge >= 0.3 is 0 Å². The van der Waals surface area contributed by atoms with Gasteiger partial charge in [0.25, 0.3) is 0 Å². The van der Waals surface area contributed by atoms with Gasteiger partial charge in [-0.05, 0) is 26.3 Å². The minimum absolute atomic E-state index is 0.0337. The number of benzene rings is 1. The lowest BCUT2D eigenvalue weighted by atomic mass is 10.1. The van der Waals surface area contributed by atoms with Crippen LogP contribution in [-0.2, 0) is 20.8 Å². The van der Waals surface area contributed by atoms with Crippen molar-refractivity contribution < 1.29 is 14.3 Å². The van der Waals surface area contributed by atoms with E-state index >= 15 is 0 Å². The Hall–Kier alpha value is -2.18. The number of nitrogens with one attached hydrogen (secondary N) is 1. The van der Waals surface area contributed by atoms with Crippen LogP contribution in [0.2, 0.25) is 0 Å². The molecule has 2 aromatic rings. The van der Waals surface area contributed by atoms with E-state index in [1.54, 1.807) is 10.9 Å². The van der Waals surface area contributed by atoms with Crippen molar-refractivity contribution in [3.05, 3.63) is 42.1 Å². The average Bonchev–Trinajstić information content (AvgIpc) is 2.99. The van der Waals surface area contributed by atoms with Crippen LogP contribution in [0.1, 0.15) is 20.3 Å². The second-order valence-corrected chi connectivity index (χ2v) is 6.55. The summed E-state index contributed by atoms with van der Waals surface area (Å²) in [4.78, 5) is 12.5. The molecule has 1 aromatic carbocycles. The molecule has 1 aliphatic rings. The van der Waals surface area contributed by atoms with Gasteiger partial charge in [0, 0.05) is 12.0 Å². The van der Waals surface area contributed by atoms with Crippen molar-refractivity contribution >= 4 is 16.8 Å². The lowest BCUT2D eigenvalue weighted by Gasteiger charge is -2.31. The quantitative estimate of drug-likeness (QED) is 0.818.